The molecule has 0 aliphatic heterocycles. The summed E-state index contributed by atoms with van der Waals surface area (Å²) in [5, 5.41) is 13.7. The lowest BCUT2D eigenvalue weighted by Crippen LogP contribution is -2.18. The molecular weight excluding hydrogens is 406 g/mol. The number of hydrogen-bond acceptors (Lipinski definition) is 4. The Bertz CT molecular complexity index is 1280. The fourth-order valence-corrected chi connectivity index (χ4v) is 3.59. The molecule has 1 amide bonds. The van der Waals surface area contributed by atoms with Crippen molar-refractivity contribution in [3.05, 3.63) is 84.2 Å². The number of aryl methyl sites for hydroxylation is 1. The Labute approximate surface area is 185 Å². The minimum absolute atomic E-state index is 0.0183. The van der Waals surface area contributed by atoms with Crippen LogP contribution in [0.2, 0.25) is 0 Å². The van der Waals surface area contributed by atoms with Crippen LogP contribution in [-0.4, -0.2) is 26.7 Å². The first-order chi connectivity index (χ1) is 15.4. The molecule has 32 heavy (non-hydrogen) atoms. The summed E-state index contributed by atoms with van der Waals surface area (Å²) in [6.07, 6.45) is 0.653. The second-order valence-corrected chi connectivity index (χ2v) is 7.60. The van der Waals surface area contributed by atoms with E-state index >= 15 is 0 Å². The van der Waals surface area contributed by atoms with Crippen LogP contribution >= 0.6 is 0 Å². The van der Waals surface area contributed by atoms with Gasteiger partial charge in [-0.2, -0.15) is 0 Å². The number of nitrogens with one attached hydrogen (secondary N) is 1. The number of hydrogen-bond donors (Lipinski definition) is 2. The smallest absolute Gasteiger partial charge is 0.413 e. The van der Waals surface area contributed by atoms with Gasteiger partial charge in [-0.15, -0.1) is 0 Å². The van der Waals surface area contributed by atoms with Crippen molar-refractivity contribution in [2.75, 3.05) is 5.32 Å². The number of rotatable bonds is 6. The van der Waals surface area contributed by atoms with Gasteiger partial charge in [-0.1, -0.05) is 60.7 Å². The average molecular weight is 429 g/mol. The third-order valence-corrected chi connectivity index (χ3v) is 5.24. The number of amides is 1. The highest BCUT2D eigenvalue weighted by atomic mass is 16.6. The van der Waals surface area contributed by atoms with Crippen LogP contribution in [0.4, 0.5) is 10.6 Å². The molecule has 1 aromatic heterocycles. The molecule has 7 nitrogen and oxygen atoms in total. The van der Waals surface area contributed by atoms with E-state index in [2.05, 4.69) is 10.3 Å². The Hall–Kier alpha value is -4.13. The normalized spacial score (nSPS) is 11.8. The maximum absolute atomic E-state index is 12.5. The first-order valence-corrected chi connectivity index (χ1v) is 10.2. The SMILES string of the molecule is CC(OC(=O)Nc1c(-c2ccc3cc(CC(=O)O)ccc3c2)ncn1C)c1ccccc1. The van der Waals surface area contributed by atoms with Gasteiger partial charge in [0.2, 0.25) is 0 Å². The van der Waals surface area contributed by atoms with Gasteiger partial charge in [0.05, 0.1) is 12.7 Å². The molecule has 162 valence electrons. The topological polar surface area (TPSA) is 93.4 Å². The van der Waals surface area contributed by atoms with Gasteiger partial charge in [0, 0.05) is 12.6 Å². The number of carbonyl (C=O) groups is 2. The van der Waals surface area contributed by atoms with Gasteiger partial charge in [0.15, 0.2) is 0 Å². The van der Waals surface area contributed by atoms with Crippen molar-refractivity contribution < 1.29 is 19.4 Å². The van der Waals surface area contributed by atoms with Gasteiger partial charge in [0.1, 0.15) is 17.6 Å². The second kappa shape index (κ2) is 8.93. The van der Waals surface area contributed by atoms with Gasteiger partial charge in [0.25, 0.3) is 0 Å². The van der Waals surface area contributed by atoms with Gasteiger partial charge in [-0.05, 0) is 34.9 Å². The zero-order valence-corrected chi connectivity index (χ0v) is 17.8. The van der Waals surface area contributed by atoms with Crippen LogP contribution in [0.3, 0.4) is 0 Å². The highest BCUT2D eigenvalue weighted by molar-refractivity contribution is 5.93. The number of carboxylic acid groups (broad SMARTS) is 1. The molecule has 7 heteroatoms. The molecule has 0 fully saturated rings. The van der Waals surface area contributed by atoms with E-state index in [1.807, 2.05) is 67.6 Å². The Morgan fingerprint density at radius 3 is 2.53 bits per heavy atom. The molecule has 0 radical (unpaired) electrons. The predicted molar refractivity (Wildman–Crippen MR) is 122 cm³/mol. The first-order valence-electron chi connectivity index (χ1n) is 10.2. The van der Waals surface area contributed by atoms with Crippen LogP contribution in [0.25, 0.3) is 22.0 Å². The number of anilines is 1. The molecule has 1 atom stereocenters. The molecule has 0 aliphatic rings. The zero-order chi connectivity index (χ0) is 22.7. The molecule has 2 N–H and O–H groups in total. The molecular formula is C25H23N3O4. The number of fused-ring (bicyclic) bond motifs is 1. The maximum Gasteiger partial charge on any atom is 0.413 e. The number of imidazole rings is 1. The molecule has 3 aromatic carbocycles. The first kappa shape index (κ1) is 21.1. The molecule has 1 heterocycles. The van der Waals surface area contributed by atoms with Gasteiger partial charge in [-0.3, -0.25) is 10.1 Å². The van der Waals surface area contributed by atoms with Gasteiger partial charge < -0.3 is 14.4 Å². The Balaban J connectivity index is 1.56. The summed E-state index contributed by atoms with van der Waals surface area (Å²) >= 11 is 0. The third-order valence-electron chi connectivity index (χ3n) is 5.24. The summed E-state index contributed by atoms with van der Waals surface area (Å²) in [6, 6.07) is 20.9. The molecule has 4 aromatic rings. The number of aliphatic carboxylic acids is 1. The number of aromatic nitrogens is 2. The minimum Gasteiger partial charge on any atom is -0.481 e. The van der Waals surface area contributed by atoms with Crippen molar-refractivity contribution in [3.63, 3.8) is 0 Å². The Kier molecular flexibility index (Phi) is 5.89. The highest BCUT2D eigenvalue weighted by Crippen LogP contribution is 2.30. The van der Waals surface area contributed by atoms with Crippen molar-refractivity contribution in [3.8, 4) is 11.3 Å². The number of ether oxygens (including phenoxy) is 1. The van der Waals surface area contributed by atoms with Gasteiger partial charge >= 0.3 is 12.1 Å². The number of benzene rings is 3. The van der Waals surface area contributed by atoms with E-state index in [1.54, 1.807) is 24.0 Å². The predicted octanol–water partition coefficient (Wildman–Crippen LogP) is 5.18. The van der Waals surface area contributed by atoms with Crippen molar-refractivity contribution in [2.24, 2.45) is 7.05 Å². The summed E-state index contributed by atoms with van der Waals surface area (Å²) in [5.74, 6) is -0.337. The van der Waals surface area contributed by atoms with E-state index in [0.29, 0.717) is 11.5 Å². The second-order valence-electron chi connectivity index (χ2n) is 7.60. The van der Waals surface area contributed by atoms with Gasteiger partial charge in [-0.25, -0.2) is 9.78 Å². The van der Waals surface area contributed by atoms with Crippen molar-refractivity contribution in [2.45, 2.75) is 19.4 Å². The van der Waals surface area contributed by atoms with E-state index in [0.717, 1.165) is 27.5 Å². The largest absolute Gasteiger partial charge is 0.481 e. The fraction of sp³-hybridized carbons (Fsp3) is 0.160. The van der Waals surface area contributed by atoms with Crippen LogP contribution in [0.15, 0.2) is 73.1 Å². The monoisotopic (exact) mass is 429 g/mol. The molecule has 0 aliphatic carbocycles. The quantitative estimate of drug-likeness (QED) is 0.441. The van der Waals surface area contributed by atoms with Crippen LogP contribution in [-0.2, 0) is 23.0 Å². The van der Waals surface area contributed by atoms with E-state index < -0.39 is 18.2 Å². The number of carboxylic acids is 1. The van der Waals surface area contributed by atoms with Crippen LogP contribution < -0.4 is 5.32 Å². The highest BCUT2D eigenvalue weighted by Gasteiger charge is 2.17. The molecule has 1 unspecified atom stereocenters. The van der Waals surface area contributed by atoms with Crippen molar-refractivity contribution in [1.82, 2.24) is 9.55 Å². The average Bonchev–Trinajstić information content (AvgIpc) is 3.13. The molecule has 0 spiro atoms. The molecule has 0 bridgehead atoms. The maximum atomic E-state index is 12.5. The van der Waals surface area contributed by atoms with E-state index in [-0.39, 0.29) is 6.42 Å². The number of carbonyl (C=O) groups excluding carboxylic acids is 1. The lowest BCUT2D eigenvalue weighted by molar-refractivity contribution is -0.136. The Morgan fingerprint density at radius 1 is 1.06 bits per heavy atom. The van der Waals surface area contributed by atoms with E-state index in [1.165, 1.54) is 0 Å². The van der Waals surface area contributed by atoms with Crippen LogP contribution in [0.1, 0.15) is 24.2 Å². The summed E-state index contributed by atoms with van der Waals surface area (Å²) < 4.78 is 7.26. The van der Waals surface area contributed by atoms with Crippen LogP contribution in [0.5, 0.6) is 0 Å². The summed E-state index contributed by atoms with van der Waals surface area (Å²) in [5.41, 5.74) is 3.10. The lowest BCUT2D eigenvalue weighted by Gasteiger charge is -2.15. The third kappa shape index (κ3) is 4.62. The summed E-state index contributed by atoms with van der Waals surface area (Å²) in [6.45, 7) is 1.82. The lowest BCUT2D eigenvalue weighted by atomic mass is 10.0. The summed E-state index contributed by atoms with van der Waals surface area (Å²) in [4.78, 5) is 28.0. The standard InChI is InChI=1S/C25H23N3O4/c1-16(18-6-4-3-5-7-18)32-25(31)27-24-23(26-15-28(24)2)21-11-10-19-12-17(13-22(29)30)8-9-20(19)14-21/h3-12,14-16H,13H2,1-2H3,(H,27,31)(H,29,30). The Morgan fingerprint density at radius 2 is 1.78 bits per heavy atom. The van der Waals surface area contributed by atoms with Crippen LogP contribution in [0, 0.1) is 0 Å². The minimum atomic E-state index is -0.862. The van der Waals surface area contributed by atoms with E-state index in [4.69, 9.17) is 9.84 Å². The molecule has 4 rings (SSSR count). The molecule has 0 saturated carbocycles. The van der Waals surface area contributed by atoms with Crippen molar-refractivity contribution in [1.29, 1.82) is 0 Å². The van der Waals surface area contributed by atoms with Crippen molar-refractivity contribution >= 4 is 28.7 Å². The zero-order valence-electron chi connectivity index (χ0n) is 17.8. The summed E-state index contributed by atoms with van der Waals surface area (Å²) in [7, 11) is 1.80. The molecule has 0 saturated heterocycles. The number of nitrogens with zero attached hydrogens (tertiary/aromatic N) is 2. The fourth-order valence-electron chi connectivity index (χ4n) is 3.59. The van der Waals surface area contributed by atoms with E-state index in [9.17, 15) is 9.59 Å².